The fourth-order valence-electron chi connectivity index (χ4n) is 1.91. The largest absolute Gasteiger partial charge is 0.381 e. The molecule has 80 valence electrons. The molecule has 0 atom stereocenters. The number of hydrogen-bond acceptors (Lipinski definition) is 3. The molecule has 1 fully saturated rings. The smallest absolute Gasteiger partial charge is 0.168 e. The van der Waals surface area contributed by atoms with Crippen molar-refractivity contribution in [3.8, 4) is 0 Å². The second-order valence-corrected chi connectivity index (χ2v) is 4.43. The average Bonchev–Trinajstić information content (AvgIpc) is 2.30. The van der Waals surface area contributed by atoms with Crippen molar-refractivity contribution in [2.45, 2.75) is 18.8 Å². The van der Waals surface area contributed by atoms with Crippen molar-refractivity contribution in [3.63, 3.8) is 0 Å². The first kappa shape index (κ1) is 10.8. The highest BCUT2D eigenvalue weighted by Gasteiger charge is 2.19. The first-order valence-electron chi connectivity index (χ1n) is 5.00. The number of aldehydes is 1. The van der Waals surface area contributed by atoms with Gasteiger partial charge in [-0.15, -0.1) is 0 Å². The summed E-state index contributed by atoms with van der Waals surface area (Å²) in [6, 6.07) is 3.87. The van der Waals surface area contributed by atoms with Crippen molar-refractivity contribution in [1.29, 1.82) is 0 Å². The Bertz CT molecular complexity index is 362. The van der Waals surface area contributed by atoms with Crippen molar-refractivity contribution >= 4 is 22.2 Å². The molecule has 0 saturated carbocycles. The van der Waals surface area contributed by atoms with Gasteiger partial charge in [-0.2, -0.15) is 0 Å². The molecule has 0 unspecified atom stereocenters. The zero-order chi connectivity index (χ0) is 10.7. The summed E-state index contributed by atoms with van der Waals surface area (Å²) in [7, 11) is 0. The Kier molecular flexibility index (Phi) is 3.49. The lowest BCUT2D eigenvalue weighted by Gasteiger charge is -2.23. The van der Waals surface area contributed by atoms with Crippen molar-refractivity contribution in [2.75, 3.05) is 13.2 Å². The molecule has 3 nitrogen and oxygen atoms in total. The Balaban J connectivity index is 2.29. The van der Waals surface area contributed by atoms with Crippen LogP contribution >= 0.6 is 15.9 Å². The monoisotopic (exact) mass is 269 g/mol. The van der Waals surface area contributed by atoms with Gasteiger partial charge >= 0.3 is 0 Å². The Morgan fingerprint density at radius 3 is 2.80 bits per heavy atom. The third-order valence-electron chi connectivity index (χ3n) is 2.70. The highest BCUT2D eigenvalue weighted by Crippen LogP contribution is 2.28. The summed E-state index contributed by atoms with van der Waals surface area (Å²) in [6.45, 7) is 1.55. The number of rotatable bonds is 2. The van der Waals surface area contributed by atoms with Gasteiger partial charge in [-0.25, -0.2) is 4.98 Å². The van der Waals surface area contributed by atoms with E-state index >= 15 is 0 Å². The minimum Gasteiger partial charge on any atom is -0.381 e. The molecule has 1 aliphatic heterocycles. The maximum Gasteiger partial charge on any atom is 0.168 e. The molecule has 15 heavy (non-hydrogen) atoms. The number of ether oxygens (including phenoxy) is 1. The van der Waals surface area contributed by atoms with Crippen LogP contribution in [-0.2, 0) is 4.74 Å². The van der Waals surface area contributed by atoms with Crippen LogP contribution in [0, 0.1) is 0 Å². The molecule has 0 aliphatic carbocycles. The number of pyridine rings is 1. The number of halogens is 1. The zero-order valence-corrected chi connectivity index (χ0v) is 9.87. The van der Waals surface area contributed by atoms with E-state index in [-0.39, 0.29) is 0 Å². The molecule has 1 aromatic heterocycles. The lowest BCUT2D eigenvalue weighted by atomic mass is 9.91. The molecule has 1 saturated heterocycles. The summed E-state index contributed by atoms with van der Waals surface area (Å²) in [5.74, 6) is 0.416. The van der Waals surface area contributed by atoms with Crippen molar-refractivity contribution in [3.05, 3.63) is 28.0 Å². The van der Waals surface area contributed by atoms with E-state index in [9.17, 15) is 4.79 Å². The quantitative estimate of drug-likeness (QED) is 0.612. The van der Waals surface area contributed by atoms with Crippen molar-refractivity contribution < 1.29 is 9.53 Å². The summed E-state index contributed by atoms with van der Waals surface area (Å²) < 4.78 is 6.01. The fourth-order valence-corrected chi connectivity index (χ4v) is 2.23. The van der Waals surface area contributed by atoms with E-state index in [4.69, 9.17) is 4.74 Å². The van der Waals surface area contributed by atoms with Crippen LogP contribution in [0.5, 0.6) is 0 Å². The lowest BCUT2D eigenvalue weighted by Crippen LogP contribution is -2.16. The van der Waals surface area contributed by atoms with E-state index < -0.39 is 0 Å². The van der Waals surface area contributed by atoms with E-state index in [1.807, 2.05) is 12.1 Å². The molecule has 0 aromatic carbocycles. The molecule has 0 N–H and O–H groups in total. The fraction of sp³-hybridized carbons (Fsp3) is 0.455. The summed E-state index contributed by atoms with van der Waals surface area (Å²) >= 11 is 3.27. The molecule has 1 aliphatic rings. The topological polar surface area (TPSA) is 39.2 Å². The average molecular weight is 270 g/mol. The summed E-state index contributed by atoms with van der Waals surface area (Å²) in [6.07, 6.45) is 2.78. The van der Waals surface area contributed by atoms with Crippen LogP contribution in [0.2, 0.25) is 0 Å². The van der Waals surface area contributed by atoms with E-state index in [2.05, 4.69) is 20.9 Å². The molecule has 0 spiro atoms. The molecule has 0 amide bonds. The van der Waals surface area contributed by atoms with Crippen LogP contribution in [0.25, 0.3) is 0 Å². The van der Waals surface area contributed by atoms with Gasteiger partial charge in [0.15, 0.2) is 6.29 Å². The molecular weight excluding hydrogens is 258 g/mol. The summed E-state index contributed by atoms with van der Waals surface area (Å²) in [5, 5.41) is 0. The second-order valence-electron chi connectivity index (χ2n) is 3.61. The first-order valence-corrected chi connectivity index (χ1v) is 5.80. The molecule has 1 aromatic rings. The lowest BCUT2D eigenvalue weighted by molar-refractivity contribution is 0.0848. The zero-order valence-electron chi connectivity index (χ0n) is 8.28. The van der Waals surface area contributed by atoms with Gasteiger partial charge < -0.3 is 4.74 Å². The first-order chi connectivity index (χ1) is 7.31. The maximum absolute atomic E-state index is 10.9. The molecule has 2 rings (SSSR count). The van der Waals surface area contributed by atoms with Crippen LogP contribution in [-0.4, -0.2) is 24.5 Å². The predicted molar refractivity (Wildman–Crippen MR) is 60.1 cm³/mol. The van der Waals surface area contributed by atoms with Gasteiger partial charge in [-0.3, -0.25) is 4.79 Å². The maximum atomic E-state index is 10.9. The number of hydrogen-bond donors (Lipinski definition) is 0. The highest BCUT2D eigenvalue weighted by atomic mass is 79.9. The van der Waals surface area contributed by atoms with E-state index in [1.54, 1.807) is 0 Å². The number of carbonyl (C=O) groups is 1. The van der Waals surface area contributed by atoms with E-state index in [0.717, 1.165) is 37.9 Å². The van der Waals surface area contributed by atoms with Gasteiger partial charge in [0.05, 0.1) is 0 Å². The van der Waals surface area contributed by atoms with Crippen molar-refractivity contribution in [1.82, 2.24) is 4.98 Å². The number of nitrogens with zero attached hydrogens (tertiary/aromatic N) is 1. The summed E-state index contributed by atoms with van der Waals surface area (Å²) in [4.78, 5) is 15.1. The van der Waals surface area contributed by atoms with Gasteiger partial charge in [0.2, 0.25) is 0 Å². The minimum absolute atomic E-state index is 0.416. The SMILES string of the molecule is O=Cc1nc(Br)ccc1C1CCOCC1. The van der Waals surface area contributed by atoms with Crippen LogP contribution < -0.4 is 0 Å². The van der Waals surface area contributed by atoms with Crippen LogP contribution in [0.15, 0.2) is 16.7 Å². The van der Waals surface area contributed by atoms with Gasteiger partial charge in [-0.1, -0.05) is 6.07 Å². The minimum atomic E-state index is 0.416. The summed E-state index contributed by atoms with van der Waals surface area (Å²) in [5.41, 5.74) is 1.60. The third kappa shape index (κ3) is 2.44. The van der Waals surface area contributed by atoms with Gasteiger partial charge in [-0.05, 0) is 46.3 Å². The Morgan fingerprint density at radius 2 is 2.13 bits per heavy atom. The highest BCUT2D eigenvalue weighted by molar-refractivity contribution is 9.10. The van der Waals surface area contributed by atoms with Crippen molar-refractivity contribution in [2.24, 2.45) is 0 Å². The molecule has 0 radical (unpaired) electrons. The normalized spacial score (nSPS) is 17.7. The number of aromatic nitrogens is 1. The Labute approximate surface area is 97.0 Å². The molecule has 4 heteroatoms. The predicted octanol–water partition coefficient (Wildman–Crippen LogP) is 2.55. The molecule has 0 bridgehead atoms. The Morgan fingerprint density at radius 1 is 1.40 bits per heavy atom. The van der Waals surface area contributed by atoms with Gasteiger partial charge in [0.25, 0.3) is 0 Å². The molecule has 2 heterocycles. The van der Waals surface area contributed by atoms with E-state index in [0.29, 0.717) is 16.2 Å². The third-order valence-corrected chi connectivity index (χ3v) is 3.14. The Hall–Kier alpha value is -0.740. The van der Waals surface area contributed by atoms with E-state index in [1.165, 1.54) is 0 Å². The molecular formula is C11H12BrNO2. The standard InChI is InChI=1S/C11H12BrNO2/c12-11-2-1-9(10(7-14)13-11)8-3-5-15-6-4-8/h1-2,7-8H,3-6H2. The van der Waals surface area contributed by atoms with Gasteiger partial charge in [0.1, 0.15) is 10.3 Å². The number of carbonyl (C=O) groups excluding carboxylic acids is 1. The van der Waals surface area contributed by atoms with Crippen LogP contribution in [0.3, 0.4) is 0 Å². The van der Waals surface area contributed by atoms with Crippen LogP contribution in [0.4, 0.5) is 0 Å². The van der Waals surface area contributed by atoms with Crippen LogP contribution in [0.1, 0.15) is 34.8 Å². The second kappa shape index (κ2) is 4.86. The van der Waals surface area contributed by atoms with Gasteiger partial charge in [0, 0.05) is 13.2 Å².